The zero-order valence-corrected chi connectivity index (χ0v) is 11.8. The molecule has 0 bridgehead atoms. The first-order valence-corrected chi connectivity index (χ1v) is 6.18. The summed E-state index contributed by atoms with van der Waals surface area (Å²) in [6.45, 7) is 7.62. The molecule has 96 valence electrons. The molecule has 0 saturated carbocycles. The lowest BCUT2D eigenvalue weighted by molar-refractivity contribution is 0.0596. The van der Waals surface area contributed by atoms with E-state index in [-0.39, 0.29) is 0 Å². The summed E-state index contributed by atoms with van der Waals surface area (Å²) in [4.78, 5) is 11.7. The number of methoxy groups -OCH3 is 1. The number of esters is 1. The van der Waals surface area contributed by atoms with Gasteiger partial charge in [0, 0.05) is 4.47 Å². The number of allylic oxidation sites excluding steroid dienone is 1. The zero-order valence-electron chi connectivity index (χ0n) is 10.2. The molecule has 0 aromatic heterocycles. The van der Waals surface area contributed by atoms with Crippen LogP contribution in [0.1, 0.15) is 15.9 Å². The normalized spacial score (nSPS) is 9.67. The van der Waals surface area contributed by atoms with Gasteiger partial charge in [-0.2, -0.15) is 0 Å². The fraction of sp³-hybridized carbons (Fsp3) is 0.214. The molecule has 1 aromatic rings. The van der Waals surface area contributed by atoms with Crippen LogP contribution in [0.3, 0.4) is 0 Å². The van der Waals surface area contributed by atoms with Crippen molar-refractivity contribution in [3.63, 3.8) is 0 Å². The van der Waals surface area contributed by atoms with Crippen molar-refractivity contribution in [1.82, 2.24) is 0 Å². The molecular formula is C14H15BrO3. The Bertz CT molecular complexity index is 466. The van der Waals surface area contributed by atoms with Crippen LogP contribution in [0.4, 0.5) is 0 Å². The second kappa shape index (κ2) is 7.01. The highest BCUT2D eigenvalue weighted by molar-refractivity contribution is 9.10. The standard InChI is InChI=1S/C14H15BrO3/c1-4-6-10-8-11(15)9-12(14(16)17-3)13(10)18-7-5-2/h4-5,8-9H,1-2,6-7H2,3H3. The second-order valence-electron chi connectivity index (χ2n) is 3.53. The number of halogens is 1. The van der Waals surface area contributed by atoms with E-state index in [1.807, 2.05) is 6.07 Å². The Labute approximate surface area is 115 Å². The monoisotopic (exact) mass is 310 g/mol. The smallest absolute Gasteiger partial charge is 0.341 e. The third kappa shape index (κ3) is 3.47. The molecule has 4 heteroatoms. The highest BCUT2D eigenvalue weighted by Gasteiger charge is 2.17. The number of carbonyl (C=O) groups excluding carboxylic acids is 1. The highest BCUT2D eigenvalue weighted by Crippen LogP contribution is 2.30. The molecule has 0 aliphatic carbocycles. The molecule has 0 heterocycles. The Balaban J connectivity index is 3.31. The average molecular weight is 311 g/mol. The molecule has 0 saturated heterocycles. The molecule has 0 fully saturated rings. The minimum absolute atomic E-state index is 0.329. The van der Waals surface area contributed by atoms with E-state index in [9.17, 15) is 4.79 Å². The molecular weight excluding hydrogens is 296 g/mol. The average Bonchev–Trinajstić information content (AvgIpc) is 2.36. The Morgan fingerprint density at radius 2 is 2.11 bits per heavy atom. The van der Waals surface area contributed by atoms with Crippen LogP contribution in [0.2, 0.25) is 0 Å². The van der Waals surface area contributed by atoms with E-state index in [0.717, 1.165) is 10.0 Å². The first-order chi connectivity index (χ1) is 8.63. The summed E-state index contributed by atoms with van der Waals surface area (Å²) >= 11 is 3.37. The SMILES string of the molecule is C=CCOc1c(CC=C)cc(Br)cc1C(=O)OC. The van der Waals surface area contributed by atoms with Crippen LogP contribution < -0.4 is 4.74 Å². The van der Waals surface area contributed by atoms with E-state index < -0.39 is 5.97 Å². The summed E-state index contributed by atoms with van der Waals surface area (Å²) in [5.74, 6) is 0.0884. The van der Waals surface area contributed by atoms with Crippen LogP contribution >= 0.6 is 15.9 Å². The maximum absolute atomic E-state index is 11.7. The van der Waals surface area contributed by atoms with Crippen molar-refractivity contribution in [1.29, 1.82) is 0 Å². The first kappa shape index (κ1) is 14.5. The predicted octanol–water partition coefficient (Wildman–Crippen LogP) is 3.53. The van der Waals surface area contributed by atoms with Crippen molar-refractivity contribution in [2.75, 3.05) is 13.7 Å². The van der Waals surface area contributed by atoms with E-state index in [0.29, 0.717) is 24.3 Å². The Morgan fingerprint density at radius 1 is 1.39 bits per heavy atom. The largest absolute Gasteiger partial charge is 0.488 e. The lowest BCUT2D eigenvalue weighted by atomic mass is 10.1. The van der Waals surface area contributed by atoms with Gasteiger partial charge in [-0.1, -0.05) is 34.7 Å². The summed E-state index contributed by atoms with van der Waals surface area (Å²) in [6, 6.07) is 3.57. The van der Waals surface area contributed by atoms with Crippen LogP contribution in [-0.2, 0) is 11.2 Å². The van der Waals surface area contributed by atoms with Crippen LogP contribution in [0.15, 0.2) is 41.9 Å². The summed E-state index contributed by atoms with van der Waals surface area (Å²) in [5.41, 5.74) is 1.27. The molecule has 0 amide bonds. The maximum Gasteiger partial charge on any atom is 0.341 e. The van der Waals surface area contributed by atoms with E-state index in [1.165, 1.54) is 7.11 Å². The van der Waals surface area contributed by atoms with Crippen molar-refractivity contribution in [2.24, 2.45) is 0 Å². The van der Waals surface area contributed by atoms with Gasteiger partial charge in [0.05, 0.1) is 7.11 Å². The third-order valence-electron chi connectivity index (χ3n) is 2.25. The topological polar surface area (TPSA) is 35.5 Å². The number of rotatable bonds is 6. The zero-order chi connectivity index (χ0) is 13.5. The van der Waals surface area contributed by atoms with Gasteiger partial charge in [0.25, 0.3) is 0 Å². The quantitative estimate of drug-likeness (QED) is 0.595. The van der Waals surface area contributed by atoms with Crippen LogP contribution in [0.5, 0.6) is 5.75 Å². The molecule has 0 aliphatic rings. The third-order valence-corrected chi connectivity index (χ3v) is 2.70. The number of carbonyl (C=O) groups is 1. The lowest BCUT2D eigenvalue weighted by Crippen LogP contribution is -2.08. The van der Waals surface area contributed by atoms with Gasteiger partial charge in [-0.05, 0) is 24.1 Å². The minimum Gasteiger partial charge on any atom is -0.488 e. The molecule has 1 rings (SSSR count). The molecule has 0 N–H and O–H groups in total. The molecule has 18 heavy (non-hydrogen) atoms. The van der Waals surface area contributed by atoms with Gasteiger partial charge < -0.3 is 9.47 Å². The maximum atomic E-state index is 11.7. The van der Waals surface area contributed by atoms with Gasteiger partial charge in [0.2, 0.25) is 0 Å². The first-order valence-electron chi connectivity index (χ1n) is 5.39. The Hall–Kier alpha value is -1.55. The van der Waals surface area contributed by atoms with Crippen molar-refractivity contribution < 1.29 is 14.3 Å². The Morgan fingerprint density at radius 3 is 2.67 bits per heavy atom. The number of benzene rings is 1. The fourth-order valence-corrected chi connectivity index (χ4v) is 2.04. The predicted molar refractivity (Wildman–Crippen MR) is 75.1 cm³/mol. The highest BCUT2D eigenvalue weighted by atomic mass is 79.9. The van der Waals surface area contributed by atoms with E-state index in [4.69, 9.17) is 9.47 Å². The van der Waals surface area contributed by atoms with E-state index >= 15 is 0 Å². The van der Waals surface area contributed by atoms with Gasteiger partial charge in [0.15, 0.2) is 0 Å². The molecule has 0 aliphatic heterocycles. The van der Waals surface area contributed by atoms with Gasteiger partial charge in [-0.3, -0.25) is 0 Å². The van der Waals surface area contributed by atoms with Gasteiger partial charge in [0.1, 0.15) is 17.9 Å². The second-order valence-corrected chi connectivity index (χ2v) is 4.44. The molecule has 0 spiro atoms. The van der Waals surface area contributed by atoms with E-state index in [1.54, 1.807) is 18.2 Å². The fourth-order valence-electron chi connectivity index (χ4n) is 1.53. The summed E-state index contributed by atoms with van der Waals surface area (Å²) in [6.07, 6.45) is 3.99. The summed E-state index contributed by atoms with van der Waals surface area (Å²) in [7, 11) is 1.34. The Kier molecular flexibility index (Phi) is 5.65. The van der Waals surface area contributed by atoms with Gasteiger partial charge in [-0.15, -0.1) is 6.58 Å². The summed E-state index contributed by atoms with van der Waals surface area (Å²) in [5, 5.41) is 0. The lowest BCUT2D eigenvalue weighted by Gasteiger charge is -2.14. The number of hydrogen-bond donors (Lipinski definition) is 0. The van der Waals surface area contributed by atoms with E-state index in [2.05, 4.69) is 29.1 Å². The van der Waals surface area contributed by atoms with Crippen molar-refractivity contribution in [3.05, 3.63) is 53.0 Å². The molecule has 0 unspecified atom stereocenters. The van der Waals surface area contributed by atoms with Gasteiger partial charge in [-0.25, -0.2) is 4.79 Å². The van der Waals surface area contributed by atoms with Crippen molar-refractivity contribution in [3.8, 4) is 5.75 Å². The minimum atomic E-state index is -0.430. The van der Waals surface area contributed by atoms with Crippen molar-refractivity contribution >= 4 is 21.9 Å². The number of ether oxygens (including phenoxy) is 2. The van der Waals surface area contributed by atoms with Crippen LogP contribution in [0, 0.1) is 0 Å². The van der Waals surface area contributed by atoms with Crippen LogP contribution in [-0.4, -0.2) is 19.7 Å². The van der Waals surface area contributed by atoms with Crippen LogP contribution in [0.25, 0.3) is 0 Å². The molecule has 1 aromatic carbocycles. The summed E-state index contributed by atoms with van der Waals surface area (Å²) < 4.78 is 11.1. The molecule has 3 nitrogen and oxygen atoms in total. The number of hydrogen-bond acceptors (Lipinski definition) is 3. The van der Waals surface area contributed by atoms with Crippen molar-refractivity contribution in [2.45, 2.75) is 6.42 Å². The molecule has 0 radical (unpaired) electrons. The van der Waals surface area contributed by atoms with Gasteiger partial charge >= 0.3 is 5.97 Å². The molecule has 0 atom stereocenters.